The van der Waals surface area contributed by atoms with Gasteiger partial charge in [0.25, 0.3) is 0 Å². The monoisotopic (exact) mass is 418 g/mol. The van der Waals surface area contributed by atoms with Gasteiger partial charge in [0.2, 0.25) is 0 Å². The van der Waals surface area contributed by atoms with E-state index in [1.54, 1.807) is 10.4 Å². The number of rotatable bonds is 8. The normalized spacial score (nSPS) is 17.4. The van der Waals surface area contributed by atoms with Crippen molar-refractivity contribution in [3.8, 4) is 21.6 Å². The zero-order valence-corrected chi connectivity index (χ0v) is 20.3. The first-order chi connectivity index (χ1) is 14.0. The van der Waals surface area contributed by atoms with Crippen LogP contribution in [-0.4, -0.2) is 8.07 Å². The highest BCUT2D eigenvalue weighted by Gasteiger charge is 2.41. The lowest BCUT2D eigenvalue weighted by Crippen LogP contribution is -2.52. The molecule has 0 fully saturated rings. The van der Waals surface area contributed by atoms with Crippen molar-refractivity contribution in [2.24, 2.45) is 0 Å². The Morgan fingerprint density at radius 2 is 1.45 bits per heavy atom. The maximum Gasteiger partial charge on any atom is 0.116 e. The molecule has 4 rings (SSSR count). The maximum atomic E-state index is 2.63. The second-order valence-corrected chi connectivity index (χ2v) is 14.6. The van der Waals surface area contributed by atoms with Gasteiger partial charge in [-0.25, -0.2) is 0 Å². The summed E-state index contributed by atoms with van der Waals surface area (Å²) in [6, 6.07) is 20.4. The largest absolute Gasteiger partial charge is 0.141 e. The van der Waals surface area contributed by atoms with E-state index < -0.39 is 8.07 Å². The summed E-state index contributed by atoms with van der Waals surface area (Å²) < 4.78 is 0. The Kier molecular flexibility index (Phi) is 6.13. The quantitative estimate of drug-likeness (QED) is 0.261. The predicted octanol–water partition coefficient (Wildman–Crippen LogP) is 7.57. The molecule has 2 aromatic carbocycles. The number of aryl methyl sites for hydroxylation is 2. The third kappa shape index (κ3) is 4.02. The number of benzene rings is 2. The van der Waals surface area contributed by atoms with Crippen LogP contribution in [0.1, 0.15) is 55.9 Å². The van der Waals surface area contributed by atoms with Crippen LogP contribution < -0.4 is 10.4 Å². The molecular weight excluding hydrogens is 384 g/mol. The third-order valence-electron chi connectivity index (χ3n) is 6.73. The van der Waals surface area contributed by atoms with E-state index in [-0.39, 0.29) is 0 Å². The van der Waals surface area contributed by atoms with Crippen LogP contribution in [-0.2, 0) is 0 Å². The van der Waals surface area contributed by atoms with Crippen LogP contribution in [0.4, 0.5) is 0 Å². The molecule has 152 valence electrons. The molecule has 0 spiro atoms. The average molecular weight is 419 g/mol. The molecule has 0 bridgehead atoms. The summed E-state index contributed by atoms with van der Waals surface area (Å²) in [6.07, 6.45) is 8.30. The number of hydrogen-bond acceptors (Lipinski definition) is 1. The highest BCUT2D eigenvalue weighted by atomic mass is 32.1. The Balaban J connectivity index is 1.67. The van der Waals surface area contributed by atoms with Gasteiger partial charge in [0.15, 0.2) is 0 Å². The maximum absolute atomic E-state index is 2.63. The molecule has 3 aromatic rings. The standard InChI is InChI=1S/C27H34SSi/c1-5-6-7-8-9-10-17-29(4)26-18-20(2)11-14-23(26)24-15-13-22(19-27(24)29)25-16-12-21(3)28-25/h11-16,18-19H,5-10,17H2,1-4H3. The molecule has 1 aliphatic rings. The molecule has 1 aliphatic heterocycles. The number of thiophene rings is 1. The molecule has 29 heavy (non-hydrogen) atoms. The van der Waals surface area contributed by atoms with Gasteiger partial charge in [0, 0.05) is 9.75 Å². The summed E-state index contributed by atoms with van der Waals surface area (Å²) >= 11 is 1.92. The van der Waals surface area contributed by atoms with Crippen LogP contribution in [0.15, 0.2) is 48.5 Å². The second kappa shape index (κ2) is 8.61. The summed E-state index contributed by atoms with van der Waals surface area (Å²) in [7, 11) is -1.68. The van der Waals surface area contributed by atoms with Crippen molar-refractivity contribution in [1.29, 1.82) is 0 Å². The summed E-state index contributed by atoms with van der Waals surface area (Å²) in [5.74, 6) is 0. The smallest absolute Gasteiger partial charge is 0.116 e. The van der Waals surface area contributed by atoms with Gasteiger partial charge in [-0.3, -0.25) is 0 Å². The van der Waals surface area contributed by atoms with E-state index in [1.165, 1.54) is 76.6 Å². The first-order valence-corrected chi connectivity index (χ1v) is 14.9. The van der Waals surface area contributed by atoms with Crippen LogP contribution in [0.25, 0.3) is 21.6 Å². The first-order valence-electron chi connectivity index (χ1n) is 11.4. The zero-order chi connectivity index (χ0) is 20.4. The summed E-state index contributed by atoms with van der Waals surface area (Å²) in [5, 5.41) is 3.36. The van der Waals surface area contributed by atoms with Crippen LogP contribution in [0.5, 0.6) is 0 Å². The van der Waals surface area contributed by atoms with Crippen molar-refractivity contribution in [1.82, 2.24) is 0 Å². The van der Waals surface area contributed by atoms with E-state index in [1.807, 2.05) is 11.3 Å². The van der Waals surface area contributed by atoms with Crippen molar-refractivity contribution >= 4 is 29.8 Å². The third-order valence-corrected chi connectivity index (χ3v) is 12.3. The molecule has 0 saturated carbocycles. The lowest BCUT2D eigenvalue weighted by atomic mass is 10.0. The molecule has 0 N–H and O–H groups in total. The zero-order valence-electron chi connectivity index (χ0n) is 18.5. The molecular formula is C27H34SSi. The fraction of sp³-hybridized carbons (Fsp3) is 0.407. The van der Waals surface area contributed by atoms with Crippen molar-refractivity contribution in [2.45, 2.75) is 71.9 Å². The summed E-state index contributed by atoms with van der Waals surface area (Å²) in [4.78, 5) is 2.81. The summed E-state index contributed by atoms with van der Waals surface area (Å²) in [5.41, 5.74) is 5.84. The Labute approximate surface area is 182 Å². The molecule has 0 amide bonds. The van der Waals surface area contributed by atoms with Crippen LogP contribution in [0, 0.1) is 13.8 Å². The van der Waals surface area contributed by atoms with E-state index in [0.29, 0.717) is 0 Å². The van der Waals surface area contributed by atoms with Gasteiger partial charge in [-0.05, 0) is 59.1 Å². The average Bonchev–Trinajstić information content (AvgIpc) is 3.25. The molecule has 0 nitrogen and oxygen atoms in total. The summed E-state index contributed by atoms with van der Waals surface area (Å²) in [6.45, 7) is 9.39. The highest BCUT2D eigenvalue weighted by Crippen LogP contribution is 2.35. The van der Waals surface area contributed by atoms with E-state index in [2.05, 4.69) is 75.8 Å². The van der Waals surface area contributed by atoms with Gasteiger partial charge in [0.1, 0.15) is 8.07 Å². The Bertz CT molecular complexity index is 1000. The van der Waals surface area contributed by atoms with Crippen molar-refractivity contribution in [3.63, 3.8) is 0 Å². The lowest BCUT2D eigenvalue weighted by Gasteiger charge is -2.26. The van der Waals surface area contributed by atoms with E-state index in [4.69, 9.17) is 0 Å². The Morgan fingerprint density at radius 3 is 2.17 bits per heavy atom. The Morgan fingerprint density at radius 1 is 0.759 bits per heavy atom. The molecule has 0 saturated heterocycles. The van der Waals surface area contributed by atoms with Gasteiger partial charge in [-0.2, -0.15) is 0 Å². The lowest BCUT2D eigenvalue weighted by molar-refractivity contribution is 0.623. The number of unbranched alkanes of at least 4 members (excludes halogenated alkanes) is 5. The molecule has 1 atom stereocenters. The van der Waals surface area contributed by atoms with Crippen LogP contribution in [0.3, 0.4) is 0 Å². The molecule has 0 radical (unpaired) electrons. The van der Waals surface area contributed by atoms with Gasteiger partial charge >= 0.3 is 0 Å². The molecule has 0 aliphatic carbocycles. The van der Waals surface area contributed by atoms with Gasteiger partial charge in [0.05, 0.1) is 0 Å². The molecule has 1 unspecified atom stereocenters. The molecule has 2 heterocycles. The van der Waals surface area contributed by atoms with E-state index >= 15 is 0 Å². The second-order valence-electron chi connectivity index (χ2n) is 9.07. The fourth-order valence-electron chi connectivity index (χ4n) is 5.00. The predicted molar refractivity (Wildman–Crippen MR) is 134 cm³/mol. The molecule has 1 aromatic heterocycles. The van der Waals surface area contributed by atoms with E-state index in [9.17, 15) is 0 Å². The molecule has 2 heteroatoms. The van der Waals surface area contributed by atoms with Crippen molar-refractivity contribution in [2.75, 3.05) is 0 Å². The van der Waals surface area contributed by atoms with Crippen molar-refractivity contribution < 1.29 is 0 Å². The first kappa shape index (κ1) is 20.6. The van der Waals surface area contributed by atoms with Crippen LogP contribution in [0.2, 0.25) is 12.6 Å². The van der Waals surface area contributed by atoms with Crippen LogP contribution >= 0.6 is 11.3 Å². The number of fused-ring (bicyclic) bond motifs is 3. The van der Waals surface area contributed by atoms with Gasteiger partial charge in [-0.1, -0.05) is 94.0 Å². The van der Waals surface area contributed by atoms with E-state index in [0.717, 1.165) is 0 Å². The van der Waals surface area contributed by atoms with Crippen molar-refractivity contribution in [3.05, 3.63) is 59.0 Å². The number of hydrogen-bond donors (Lipinski definition) is 0. The van der Waals surface area contributed by atoms with Gasteiger partial charge in [-0.15, -0.1) is 11.3 Å². The SMILES string of the molecule is CCCCCCCC[Si]1(C)c2cc(C)ccc2-c2ccc(-c3ccc(C)s3)cc21. The Hall–Kier alpha value is -1.64. The minimum Gasteiger partial charge on any atom is -0.141 e. The minimum absolute atomic E-state index is 1.33. The minimum atomic E-state index is -1.68. The highest BCUT2D eigenvalue weighted by molar-refractivity contribution is 7.15. The topological polar surface area (TPSA) is 0 Å². The van der Waals surface area contributed by atoms with Gasteiger partial charge < -0.3 is 0 Å². The fourth-order valence-corrected chi connectivity index (χ4v) is 10.3.